The fourth-order valence-electron chi connectivity index (χ4n) is 2.66. The van der Waals surface area contributed by atoms with Gasteiger partial charge in [-0.05, 0) is 37.0 Å². The summed E-state index contributed by atoms with van der Waals surface area (Å²) in [5, 5.41) is 8.84. The first-order valence-corrected chi connectivity index (χ1v) is 7.36. The van der Waals surface area contributed by atoms with Gasteiger partial charge in [0.1, 0.15) is 0 Å². The molecule has 3 N–H and O–H groups in total. The van der Waals surface area contributed by atoms with Gasteiger partial charge in [0.2, 0.25) is 11.8 Å². The molecule has 1 atom stereocenters. The molecule has 1 unspecified atom stereocenters. The number of nitrogens with two attached hydrogens (primary N) is 1. The molecule has 22 heavy (non-hydrogen) atoms. The maximum atomic E-state index is 12.2. The zero-order valence-corrected chi connectivity index (χ0v) is 12.3. The molecule has 0 saturated carbocycles. The molecule has 1 aromatic carbocycles. The first-order valence-electron chi connectivity index (χ1n) is 7.36. The quantitative estimate of drug-likeness (QED) is 0.848. The summed E-state index contributed by atoms with van der Waals surface area (Å²) in [6.45, 7) is 1.08. The van der Waals surface area contributed by atoms with Crippen LogP contribution in [0.1, 0.15) is 35.2 Å². The van der Waals surface area contributed by atoms with E-state index in [-0.39, 0.29) is 23.3 Å². The summed E-state index contributed by atoms with van der Waals surface area (Å²) in [6, 6.07) is 6.51. The van der Waals surface area contributed by atoms with Gasteiger partial charge in [-0.2, -0.15) is 0 Å². The first kappa shape index (κ1) is 16.0. The van der Waals surface area contributed by atoms with Crippen molar-refractivity contribution in [2.75, 3.05) is 13.1 Å². The van der Waals surface area contributed by atoms with Gasteiger partial charge >= 0.3 is 5.97 Å². The Morgan fingerprint density at radius 3 is 2.50 bits per heavy atom. The smallest absolute Gasteiger partial charge is 0.335 e. The number of aromatic carboxylic acids is 1. The molecule has 2 amide bonds. The van der Waals surface area contributed by atoms with Crippen LogP contribution in [0.15, 0.2) is 24.3 Å². The maximum absolute atomic E-state index is 12.2. The van der Waals surface area contributed by atoms with Crippen molar-refractivity contribution in [3.63, 3.8) is 0 Å². The second-order valence-corrected chi connectivity index (χ2v) is 5.58. The fraction of sp³-hybridized carbons (Fsp3) is 0.438. The van der Waals surface area contributed by atoms with Crippen LogP contribution in [0.5, 0.6) is 0 Å². The lowest BCUT2D eigenvalue weighted by molar-refractivity contribution is -0.134. The molecule has 0 spiro atoms. The number of nitrogens with zero attached hydrogens (tertiary/aromatic N) is 1. The number of benzene rings is 1. The SMILES string of the molecule is NC(=O)C1CCCN(C(=O)CCc2ccc(C(=O)O)cc2)C1. The second-order valence-electron chi connectivity index (χ2n) is 5.58. The largest absolute Gasteiger partial charge is 0.478 e. The van der Waals surface area contributed by atoms with Crippen LogP contribution in [0.4, 0.5) is 0 Å². The number of carbonyl (C=O) groups is 3. The number of carbonyl (C=O) groups excluding carboxylic acids is 2. The van der Waals surface area contributed by atoms with Crippen LogP contribution in [0.3, 0.4) is 0 Å². The molecule has 0 aromatic heterocycles. The predicted molar refractivity (Wildman–Crippen MR) is 80.2 cm³/mol. The third-order valence-corrected chi connectivity index (χ3v) is 4.00. The minimum Gasteiger partial charge on any atom is -0.478 e. The fourth-order valence-corrected chi connectivity index (χ4v) is 2.66. The lowest BCUT2D eigenvalue weighted by atomic mass is 9.97. The van der Waals surface area contributed by atoms with Crippen LogP contribution in [0.25, 0.3) is 0 Å². The highest BCUT2D eigenvalue weighted by atomic mass is 16.4. The highest BCUT2D eigenvalue weighted by molar-refractivity contribution is 5.87. The molecule has 118 valence electrons. The number of primary amides is 1. The molecule has 1 aliphatic heterocycles. The van der Waals surface area contributed by atoms with Gasteiger partial charge in [0.05, 0.1) is 11.5 Å². The number of carboxylic acid groups (broad SMARTS) is 1. The van der Waals surface area contributed by atoms with Gasteiger partial charge < -0.3 is 15.7 Å². The van der Waals surface area contributed by atoms with E-state index in [0.29, 0.717) is 25.9 Å². The molecule has 1 fully saturated rings. The number of hydrogen-bond acceptors (Lipinski definition) is 3. The summed E-state index contributed by atoms with van der Waals surface area (Å²) in [7, 11) is 0. The Hall–Kier alpha value is -2.37. The van der Waals surface area contributed by atoms with Gasteiger partial charge in [0.25, 0.3) is 0 Å². The number of rotatable bonds is 5. The Labute approximate surface area is 128 Å². The molecular weight excluding hydrogens is 284 g/mol. The minimum absolute atomic E-state index is 0.00765. The van der Waals surface area contributed by atoms with E-state index in [9.17, 15) is 14.4 Å². The van der Waals surface area contributed by atoms with Gasteiger partial charge in [0, 0.05) is 19.5 Å². The van der Waals surface area contributed by atoms with E-state index in [1.54, 1.807) is 17.0 Å². The molecule has 0 radical (unpaired) electrons. The molecule has 1 aliphatic rings. The van der Waals surface area contributed by atoms with Crippen LogP contribution < -0.4 is 5.73 Å². The van der Waals surface area contributed by atoms with Gasteiger partial charge in [-0.3, -0.25) is 9.59 Å². The molecule has 0 bridgehead atoms. The van der Waals surface area contributed by atoms with Crippen LogP contribution in [-0.2, 0) is 16.0 Å². The molecule has 1 aromatic rings. The number of amides is 2. The molecule has 2 rings (SSSR count). The van der Waals surface area contributed by atoms with Crippen molar-refractivity contribution in [2.24, 2.45) is 11.7 Å². The first-order chi connectivity index (χ1) is 10.5. The monoisotopic (exact) mass is 304 g/mol. The van der Waals surface area contributed by atoms with E-state index in [0.717, 1.165) is 18.4 Å². The zero-order valence-electron chi connectivity index (χ0n) is 12.3. The average molecular weight is 304 g/mol. The maximum Gasteiger partial charge on any atom is 0.335 e. The van der Waals surface area contributed by atoms with Crippen molar-refractivity contribution in [1.29, 1.82) is 0 Å². The lowest BCUT2D eigenvalue weighted by Crippen LogP contribution is -2.44. The third kappa shape index (κ3) is 4.07. The van der Waals surface area contributed by atoms with E-state index in [1.807, 2.05) is 0 Å². The Bertz CT molecular complexity index is 568. The predicted octanol–water partition coefficient (Wildman–Crippen LogP) is 1.04. The molecule has 1 heterocycles. The van der Waals surface area contributed by atoms with Crippen molar-refractivity contribution in [2.45, 2.75) is 25.7 Å². The van der Waals surface area contributed by atoms with Crippen molar-refractivity contribution in [1.82, 2.24) is 4.90 Å². The Kier molecular flexibility index (Phi) is 5.14. The van der Waals surface area contributed by atoms with E-state index in [2.05, 4.69) is 0 Å². The van der Waals surface area contributed by atoms with E-state index >= 15 is 0 Å². The Morgan fingerprint density at radius 1 is 1.23 bits per heavy atom. The number of aryl methyl sites for hydroxylation is 1. The molecule has 1 saturated heterocycles. The highest BCUT2D eigenvalue weighted by Gasteiger charge is 2.26. The molecule has 0 aliphatic carbocycles. The van der Waals surface area contributed by atoms with Crippen LogP contribution in [-0.4, -0.2) is 40.9 Å². The highest BCUT2D eigenvalue weighted by Crippen LogP contribution is 2.17. The molecule has 6 heteroatoms. The number of likely N-dealkylation sites (tertiary alicyclic amines) is 1. The van der Waals surface area contributed by atoms with E-state index in [4.69, 9.17) is 10.8 Å². The van der Waals surface area contributed by atoms with Gasteiger partial charge in [-0.1, -0.05) is 12.1 Å². The standard InChI is InChI=1S/C16H20N2O4/c17-15(20)13-2-1-9-18(10-13)14(19)8-5-11-3-6-12(7-4-11)16(21)22/h3-4,6-7,13H,1-2,5,8-10H2,(H2,17,20)(H,21,22). The van der Waals surface area contributed by atoms with E-state index < -0.39 is 5.97 Å². The van der Waals surface area contributed by atoms with Crippen molar-refractivity contribution >= 4 is 17.8 Å². The van der Waals surface area contributed by atoms with Gasteiger partial charge in [0.15, 0.2) is 0 Å². The summed E-state index contributed by atoms with van der Waals surface area (Å²) >= 11 is 0. The number of hydrogen-bond donors (Lipinski definition) is 2. The average Bonchev–Trinajstić information content (AvgIpc) is 2.53. The summed E-state index contributed by atoms with van der Waals surface area (Å²) in [5.41, 5.74) is 6.46. The molecular formula is C16H20N2O4. The van der Waals surface area contributed by atoms with Gasteiger partial charge in [-0.25, -0.2) is 4.79 Å². The lowest BCUT2D eigenvalue weighted by Gasteiger charge is -2.31. The van der Waals surface area contributed by atoms with E-state index in [1.165, 1.54) is 12.1 Å². The van der Waals surface area contributed by atoms with Crippen LogP contribution in [0, 0.1) is 5.92 Å². The Balaban J connectivity index is 1.86. The topological polar surface area (TPSA) is 101 Å². The van der Waals surface area contributed by atoms with Crippen molar-refractivity contribution < 1.29 is 19.5 Å². The zero-order chi connectivity index (χ0) is 16.1. The van der Waals surface area contributed by atoms with Crippen molar-refractivity contribution in [3.8, 4) is 0 Å². The molecule has 6 nitrogen and oxygen atoms in total. The van der Waals surface area contributed by atoms with Gasteiger partial charge in [-0.15, -0.1) is 0 Å². The van der Waals surface area contributed by atoms with Crippen LogP contribution in [0.2, 0.25) is 0 Å². The Morgan fingerprint density at radius 2 is 1.91 bits per heavy atom. The number of carboxylic acids is 1. The van der Waals surface area contributed by atoms with Crippen LogP contribution >= 0.6 is 0 Å². The summed E-state index contributed by atoms with van der Waals surface area (Å²) in [4.78, 5) is 35.9. The number of piperidine rings is 1. The summed E-state index contributed by atoms with van der Waals surface area (Å²) < 4.78 is 0. The van der Waals surface area contributed by atoms with Crippen molar-refractivity contribution in [3.05, 3.63) is 35.4 Å². The second kappa shape index (κ2) is 7.06. The summed E-state index contributed by atoms with van der Waals surface area (Å²) in [5.74, 6) is -1.55. The third-order valence-electron chi connectivity index (χ3n) is 4.00. The normalized spacial score (nSPS) is 18.0. The minimum atomic E-state index is -0.964. The summed E-state index contributed by atoms with van der Waals surface area (Å²) in [6.07, 6.45) is 2.44.